The number of amides is 1. The molecule has 0 aliphatic heterocycles. The van der Waals surface area contributed by atoms with Crippen molar-refractivity contribution < 1.29 is 23.9 Å². The van der Waals surface area contributed by atoms with Crippen LogP contribution in [-0.4, -0.2) is 22.9 Å². The zero-order valence-corrected chi connectivity index (χ0v) is 18.7. The van der Waals surface area contributed by atoms with Crippen molar-refractivity contribution >= 4 is 17.3 Å². The Kier molecular flexibility index (Phi) is 7.17. The average Bonchev–Trinajstić information content (AvgIpc) is 2.89. The first-order valence-electron chi connectivity index (χ1n) is 10.6. The summed E-state index contributed by atoms with van der Waals surface area (Å²) in [5.41, 5.74) is 1.11. The summed E-state index contributed by atoms with van der Waals surface area (Å²) in [7, 11) is 1.52. The van der Waals surface area contributed by atoms with Gasteiger partial charge in [-0.2, -0.15) is 0 Å². The van der Waals surface area contributed by atoms with Crippen molar-refractivity contribution in [2.24, 2.45) is 0 Å². The third kappa shape index (κ3) is 5.91. The summed E-state index contributed by atoms with van der Waals surface area (Å²) in [6, 6.07) is 21.3. The lowest BCUT2D eigenvalue weighted by Gasteiger charge is -2.14. The molecule has 0 saturated carbocycles. The number of hydrogen-bond acceptors (Lipinski definition) is 7. The highest BCUT2D eigenvalue weighted by Gasteiger charge is 2.19. The van der Waals surface area contributed by atoms with E-state index in [1.54, 1.807) is 54.9 Å². The predicted octanol–water partition coefficient (Wildman–Crippen LogP) is 5.62. The van der Waals surface area contributed by atoms with E-state index in [9.17, 15) is 14.9 Å². The van der Waals surface area contributed by atoms with E-state index in [-0.39, 0.29) is 23.6 Å². The number of carbonyl (C=O) groups is 1. The van der Waals surface area contributed by atoms with Crippen LogP contribution in [0, 0.1) is 10.1 Å². The maximum Gasteiger partial charge on any atom is 0.270 e. The number of para-hydroxylation sites is 1. The van der Waals surface area contributed by atoms with Crippen LogP contribution in [0.2, 0.25) is 0 Å². The molecule has 1 amide bonds. The molecular weight excluding hydrogens is 450 g/mol. The summed E-state index contributed by atoms with van der Waals surface area (Å²) in [6.45, 7) is 0.274. The zero-order chi connectivity index (χ0) is 24.6. The predicted molar refractivity (Wildman–Crippen MR) is 129 cm³/mol. The highest BCUT2D eigenvalue weighted by Crippen LogP contribution is 2.33. The van der Waals surface area contributed by atoms with Crippen LogP contribution in [0.3, 0.4) is 0 Å². The van der Waals surface area contributed by atoms with Crippen LogP contribution < -0.4 is 19.5 Å². The van der Waals surface area contributed by atoms with Crippen molar-refractivity contribution in [2.45, 2.75) is 6.61 Å². The zero-order valence-electron chi connectivity index (χ0n) is 18.7. The second-order valence-electron chi connectivity index (χ2n) is 7.32. The lowest BCUT2D eigenvalue weighted by atomic mass is 10.1. The Bertz CT molecular complexity index is 1330. The van der Waals surface area contributed by atoms with Gasteiger partial charge in [-0.1, -0.05) is 18.2 Å². The van der Waals surface area contributed by atoms with Gasteiger partial charge in [-0.3, -0.25) is 19.9 Å². The van der Waals surface area contributed by atoms with Crippen molar-refractivity contribution in [1.82, 2.24) is 4.98 Å². The molecule has 176 valence electrons. The summed E-state index contributed by atoms with van der Waals surface area (Å²) in [4.78, 5) is 27.9. The maximum atomic E-state index is 13.2. The number of carbonyl (C=O) groups excluding carboxylic acids is 1. The van der Waals surface area contributed by atoms with Crippen molar-refractivity contribution in [3.63, 3.8) is 0 Å². The molecule has 3 aromatic carbocycles. The van der Waals surface area contributed by atoms with Gasteiger partial charge in [0.1, 0.15) is 18.1 Å². The third-order valence-electron chi connectivity index (χ3n) is 4.95. The standard InChI is InChI=1S/C26H21N3O6/c1-33-24-9-7-19(15-25(24)34-17-18-11-13-27-14-12-18)28-26(30)22-16-20(29(31)32)8-10-23(22)35-21-5-3-2-4-6-21/h2-16H,17H2,1H3,(H,28,30). The van der Waals surface area contributed by atoms with Gasteiger partial charge in [0.15, 0.2) is 11.5 Å². The minimum Gasteiger partial charge on any atom is -0.493 e. The van der Waals surface area contributed by atoms with Gasteiger partial charge in [0.05, 0.1) is 17.6 Å². The molecule has 9 nitrogen and oxygen atoms in total. The van der Waals surface area contributed by atoms with Crippen LogP contribution in [0.1, 0.15) is 15.9 Å². The quantitative estimate of drug-likeness (QED) is 0.249. The summed E-state index contributed by atoms with van der Waals surface area (Å²) < 4.78 is 17.1. The highest BCUT2D eigenvalue weighted by atomic mass is 16.6. The molecule has 4 aromatic rings. The lowest BCUT2D eigenvalue weighted by Crippen LogP contribution is -2.13. The minimum atomic E-state index is -0.579. The molecule has 0 atom stereocenters. The number of nitro groups is 1. The molecule has 0 aliphatic rings. The largest absolute Gasteiger partial charge is 0.493 e. The number of aromatic nitrogens is 1. The third-order valence-corrected chi connectivity index (χ3v) is 4.95. The molecule has 0 fully saturated rings. The number of pyridine rings is 1. The average molecular weight is 471 g/mol. The molecule has 0 aliphatic carbocycles. The number of anilines is 1. The summed E-state index contributed by atoms with van der Waals surface area (Å²) >= 11 is 0. The van der Waals surface area contributed by atoms with Gasteiger partial charge < -0.3 is 19.5 Å². The number of ether oxygens (including phenoxy) is 3. The van der Waals surface area contributed by atoms with Crippen LogP contribution in [-0.2, 0) is 6.61 Å². The number of nitrogens with zero attached hydrogens (tertiary/aromatic N) is 2. The minimum absolute atomic E-state index is 0.0122. The molecule has 0 radical (unpaired) electrons. The van der Waals surface area contributed by atoms with E-state index >= 15 is 0 Å². The first-order chi connectivity index (χ1) is 17.0. The van der Waals surface area contributed by atoms with Crippen molar-refractivity contribution in [3.8, 4) is 23.0 Å². The molecule has 0 spiro atoms. The van der Waals surface area contributed by atoms with E-state index < -0.39 is 10.8 Å². The van der Waals surface area contributed by atoms with Crippen LogP contribution in [0.15, 0.2) is 91.3 Å². The van der Waals surface area contributed by atoms with Crippen molar-refractivity contribution in [3.05, 3.63) is 112 Å². The second-order valence-corrected chi connectivity index (χ2v) is 7.32. The number of benzene rings is 3. The molecule has 0 unspecified atom stereocenters. The highest BCUT2D eigenvalue weighted by molar-refractivity contribution is 6.06. The van der Waals surface area contributed by atoms with Crippen LogP contribution in [0.5, 0.6) is 23.0 Å². The van der Waals surface area contributed by atoms with Crippen LogP contribution in [0.25, 0.3) is 0 Å². The molecule has 0 saturated heterocycles. The van der Waals surface area contributed by atoms with E-state index in [4.69, 9.17) is 14.2 Å². The lowest BCUT2D eigenvalue weighted by molar-refractivity contribution is -0.384. The molecule has 35 heavy (non-hydrogen) atoms. The Balaban J connectivity index is 1.58. The van der Waals surface area contributed by atoms with Crippen LogP contribution in [0.4, 0.5) is 11.4 Å². The molecule has 1 N–H and O–H groups in total. The Morgan fingerprint density at radius 3 is 2.40 bits per heavy atom. The number of methoxy groups -OCH3 is 1. The van der Waals surface area contributed by atoms with Gasteiger partial charge in [0, 0.05) is 36.3 Å². The monoisotopic (exact) mass is 471 g/mol. The fraction of sp³-hybridized carbons (Fsp3) is 0.0769. The van der Waals surface area contributed by atoms with Crippen LogP contribution >= 0.6 is 0 Å². The molecule has 1 heterocycles. The summed E-state index contributed by atoms with van der Waals surface area (Å²) in [6.07, 6.45) is 3.33. The van der Waals surface area contributed by atoms with E-state index in [1.807, 2.05) is 18.2 Å². The summed E-state index contributed by atoms with van der Waals surface area (Å²) in [5, 5.41) is 14.1. The number of hydrogen-bond donors (Lipinski definition) is 1. The van der Waals surface area contributed by atoms with Gasteiger partial charge in [-0.15, -0.1) is 0 Å². The van der Waals surface area contributed by atoms with E-state index in [0.717, 1.165) is 5.56 Å². The van der Waals surface area contributed by atoms with Gasteiger partial charge in [0.2, 0.25) is 0 Å². The topological polar surface area (TPSA) is 113 Å². The molecular formula is C26H21N3O6. The Hall–Kier alpha value is -4.92. The molecule has 4 rings (SSSR count). The Labute approximate surface area is 201 Å². The molecule has 9 heteroatoms. The van der Waals surface area contributed by atoms with E-state index in [1.165, 1.54) is 25.3 Å². The van der Waals surface area contributed by atoms with Crippen molar-refractivity contribution in [2.75, 3.05) is 12.4 Å². The van der Waals surface area contributed by atoms with Crippen molar-refractivity contribution in [1.29, 1.82) is 0 Å². The number of nitro benzene ring substituents is 1. The number of rotatable bonds is 9. The normalized spacial score (nSPS) is 10.3. The number of nitrogens with one attached hydrogen (secondary N) is 1. The van der Waals surface area contributed by atoms with Gasteiger partial charge in [-0.25, -0.2) is 0 Å². The van der Waals surface area contributed by atoms with E-state index in [0.29, 0.717) is 22.9 Å². The second kappa shape index (κ2) is 10.8. The number of non-ortho nitro benzene ring substituents is 1. The fourth-order valence-electron chi connectivity index (χ4n) is 3.22. The Morgan fingerprint density at radius 2 is 1.69 bits per heavy atom. The van der Waals surface area contributed by atoms with Gasteiger partial charge >= 0.3 is 0 Å². The fourth-order valence-corrected chi connectivity index (χ4v) is 3.22. The first kappa shape index (κ1) is 23.2. The maximum absolute atomic E-state index is 13.2. The summed E-state index contributed by atoms with van der Waals surface area (Å²) in [5.74, 6) is 1.00. The Morgan fingerprint density at radius 1 is 0.943 bits per heavy atom. The first-order valence-corrected chi connectivity index (χ1v) is 10.6. The molecule has 1 aromatic heterocycles. The van der Waals surface area contributed by atoms with Gasteiger partial charge in [-0.05, 0) is 48.0 Å². The smallest absolute Gasteiger partial charge is 0.270 e. The van der Waals surface area contributed by atoms with Gasteiger partial charge in [0.25, 0.3) is 11.6 Å². The van der Waals surface area contributed by atoms with E-state index in [2.05, 4.69) is 10.3 Å². The molecule has 0 bridgehead atoms. The SMILES string of the molecule is COc1ccc(NC(=O)c2cc([N+](=O)[O-])ccc2Oc2ccccc2)cc1OCc1ccncc1.